The molecule has 4 N–H and O–H groups in total. The Bertz CT molecular complexity index is 684. The monoisotopic (exact) mass is 531 g/mol. The van der Waals surface area contributed by atoms with Gasteiger partial charge in [0.2, 0.25) is 5.91 Å². The van der Waals surface area contributed by atoms with E-state index in [9.17, 15) is 28.8 Å². The maximum absolute atomic E-state index is 11.0. The predicted octanol–water partition coefficient (Wildman–Crippen LogP) is -0.986. The first kappa shape index (κ1) is 30.8. The average Bonchev–Trinajstić information content (AvgIpc) is 3.51. The third-order valence-corrected chi connectivity index (χ3v) is 5.72. The average molecular weight is 532 g/mol. The molecule has 3 heterocycles. The van der Waals surface area contributed by atoms with E-state index in [1.54, 1.807) is 14.7 Å². The van der Waals surface area contributed by atoms with Crippen molar-refractivity contribution in [2.45, 2.75) is 20.8 Å². The summed E-state index contributed by atoms with van der Waals surface area (Å²) >= 11 is 1.26. The summed E-state index contributed by atoms with van der Waals surface area (Å²) in [5, 5.41) is 10.8. The lowest BCUT2D eigenvalue weighted by Crippen LogP contribution is -2.35. The van der Waals surface area contributed by atoms with Gasteiger partial charge >= 0.3 is 24.1 Å². The minimum atomic E-state index is -0.311. The zero-order valence-corrected chi connectivity index (χ0v) is 21.9. The summed E-state index contributed by atoms with van der Waals surface area (Å²) < 4.78 is 4.69. The standard InChI is InChI=1S/C7H13N3O2.C7H12N2O3.C7H12N2O2S/c1-6(11)8-2-4-10-5-3-9-7(10)12;2*1-6(10)12-5-4-9-3-2-8-7(9)11/h2-5H2,1H3,(H,8,11)(H,9,12);2*2-5H2,1H3,(H,8,11). The molecule has 0 atom stereocenters. The van der Waals surface area contributed by atoms with Crippen LogP contribution < -0.4 is 21.3 Å². The van der Waals surface area contributed by atoms with Gasteiger partial charge < -0.3 is 40.7 Å². The fourth-order valence-corrected chi connectivity index (χ4v) is 3.74. The van der Waals surface area contributed by atoms with Crippen LogP contribution in [0.5, 0.6) is 0 Å². The molecule has 0 aromatic rings. The Labute approximate surface area is 215 Å². The number of carbonyl (C=O) groups excluding carboxylic acids is 6. The van der Waals surface area contributed by atoms with Gasteiger partial charge in [0.05, 0.1) is 6.54 Å². The number of rotatable bonds is 9. The first-order valence-electron chi connectivity index (χ1n) is 11.7. The van der Waals surface area contributed by atoms with Crippen LogP contribution in [0, 0.1) is 0 Å². The van der Waals surface area contributed by atoms with Gasteiger partial charge in [0.15, 0.2) is 5.12 Å². The number of ether oxygens (including phenoxy) is 1. The molecule has 15 heteroatoms. The number of carbonyl (C=O) groups is 6. The molecule has 0 radical (unpaired) electrons. The van der Waals surface area contributed by atoms with Gasteiger partial charge in [-0.05, 0) is 0 Å². The van der Waals surface area contributed by atoms with Crippen molar-refractivity contribution in [3.63, 3.8) is 0 Å². The van der Waals surface area contributed by atoms with Gasteiger partial charge in [0.1, 0.15) is 6.61 Å². The molecule has 3 aliphatic rings. The van der Waals surface area contributed by atoms with Crippen LogP contribution in [-0.2, 0) is 19.1 Å². The fourth-order valence-electron chi connectivity index (χ4n) is 3.14. The van der Waals surface area contributed by atoms with Crippen LogP contribution >= 0.6 is 11.8 Å². The second-order valence-corrected chi connectivity index (χ2v) is 9.09. The molecule has 3 saturated heterocycles. The molecule has 0 spiro atoms. The Hall–Kier alpha value is -3.23. The fraction of sp³-hybridized carbons (Fsp3) is 0.714. The summed E-state index contributed by atoms with van der Waals surface area (Å²) in [7, 11) is 0. The summed E-state index contributed by atoms with van der Waals surface area (Å²) in [6, 6.07) is -0.137. The van der Waals surface area contributed by atoms with Crippen molar-refractivity contribution in [1.82, 2.24) is 36.0 Å². The number of hydrogen-bond donors (Lipinski definition) is 4. The van der Waals surface area contributed by atoms with Crippen LogP contribution in [0.2, 0.25) is 0 Å². The maximum Gasteiger partial charge on any atom is 0.317 e. The number of hydrogen-bond acceptors (Lipinski definition) is 8. The van der Waals surface area contributed by atoms with Crippen LogP contribution in [0.1, 0.15) is 20.8 Å². The topological polar surface area (TPSA) is 169 Å². The van der Waals surface area contributed by atoms with Crippen molar-refractivity contribution >= 4 is 46.8 Å². The third kappa shape index (κ3) is 13.6. The smallest absolute Gasteiger partial charge is 0.317 e. The lowest BCUT2D eigenvalue weighted by Gasteiger charge is -2.13. The summed E-state index contributed by atoms with van der Waals surface area (Å²) in [5.74, 6) is 0.326. The number of thioether (sulfide) groups is 1. The molecule has 14 nitrogen and oxygen atoms in total. The molecule has 0 unspecified atom stereocenters. The van der Waals surface area contributed by atoms with E-state index in [4.69, 9.17) is 4.74 Å². The van der Waals surface area contributed by atoms with E-state index in [2.05, 4.69) is 21.3 Å². The van der Waals surface area contributed by atoms with Gasteiger partial charge in [-0.1, -0.05) is 11.8 Å². The maximum atomic E-state index is 11.0. The number of nitrogens with one attached hydrogen (secondary N) is 4. The van der Waals surface area contributed by atoms with E-state index in [1.165, 1.54) is 32.5 Å². The van der Waals surface area contributed by atoms with Crippen LogP contribution in [-0.4, -0.2) is 128 Å². The van der Waals surface area contributed by atoms with Crippen molar-refractivity contribution in [2.75, 3.05) is 77.8 Å². The quantitative estimate of drug-likeness (QED) is 0.275. The molecule has 3 aliphatic heterocycles. The summed E-state index contributed by atoms with van der Waals surface area (Å²) in [5.41, 5.74) is 0. The summed E-state index contributed by atoms with van der Waals surface area (Å²) in [6.45, 7) is 11.2. The number of urea groups is 3. The van der Waals surface area contributed by atoms with Crippen LogP contribution in [0.25, 0.3) is 0 Å². The van der Waals surface area contributed by atoms with Gasteiger partial charge in [0, 0.05) is 85.4 Å². The molecular formula is C21H37N7O7S. The Kier molecular flexibility index (Phi) is 14.8. The molecule has 0 saturated carbocycles. The Balaban J connectivity index is 0.000000270. The lowest BCUT2D eigenvalue weighted by molar-refractivity contribution is -0.141. The molecule has 204 valence electrons. The number of nitrogens with zero attached hydrogens (tertiary/aromatic N) is 3. The summed E-state index contributed by atoms with van der Waals surface area (Å²) in [4.78, 5) is 69.2. The highest BCUT2D eigenvalue weighted by Gasteiger charge is 2.20. The Morgan fingerprint density at radius 2 is 1.28 bits per heavy atom. The first-order chi connectivity index (χ1) is 17.1. The van der Waals surface area contributed by atoms with E-state index in [1.807, 2.05) is 0 Å². The minimum absolute atomic E-state index is 0.0147. The predicted molar refractivity (Wildman–Crippen MR) is 133 cm³/mol. The highest BCUT2D eigenvalue weighted by molar-refractivity contribution is 8.13. The van der Waals surface area contributed by atoms with Gasteiger partial charge in [-0.2, -0.15) is 0 Å². The molecule has 3 rings (SSSR count). The number of amides is 7. The van der Waals surface area contributed by atoms with Gasteiger partial charge in [0.25, 0.3) is 0 Å². The SMILES string of the molecule is CC(=O)NCCN1CCNC1=O.CC(=O)OCCN1CCNC1=O.CC(=O)SCCN1CCNC1=O. The molecule has 7 amide bonds. The van der Waals surface area contributed by atoms with E-state index in [-0.39, 0.29) is 41.7 Å². The van der Waals surface area contributed by atoms with Crippen molar-refractivity contribution in [2.24, 2.45) is 0 Å². The van der Waals surface area contributed by atoms with Crippen molar-refractivity contribution in [3.8, 4) is 0 Å². The van der Waals surface area contributed by atoms with E-state index in [0.717, 1.165) is 19.6 Å². The van der Waals surface area contributed by atoms with Crippen molar-refractivity contribution in [1.29, 1.82) is 0 Å². The van der Waals surface area contributed by atoms with Crippen molar-refractivity contribution < 1.29 is 33.5 Å². The van der Waals surface area contributed by atoms with Gasteiger partial charge in [-0.15, -0.1) is 0 Å². The molecule has 3 fully saturated rings. The van der Waals surface area contributed by atoms with Crippen LogP contribution in [0.3, 0.4) is 0 Å². The summed E-state index contributed by atoms with van der Waals surface area (Å²) in [6.07, 6.45) is 0. The zero-order chi connectivity index (χ0) is 26.9. The molecule has 0 aromatic carbocycles. The molecule has 36 heavy (non-hydrogen) atoms. The molecule has 0 aromatic heterocycles. The minimum Gasteiger partial charge on any atom is -0.464 e. The van der Waals surface area contributed by atoms with Gasteiger partial charge in [-0.25, -0.2) is 14.4 Å². The van der Waals surface area contributed by atoms with Gasteiger partial charge in [-0.3, -0.25) is 14.4 Å². The Morgan fingerprint density at radius 1 is 0.806 bits per heavy atom. The molecule has 0 bridgehead atoms. The second-order valence-electron chi connectivity index (χ2n) is 7.82. The lowest BCUT2D eigenvalue weighted by atomic mass is 10.5. The zero-order valence-electron chi connectivity index (χ0n) is 21.1. The van der Waals surface area contributed by atoms with Crippen molar-refractivity contribution in [3.05, 3.63) is 0 Å². The highest BCUT2D eigenvalue weighted by atomic mass is 32.2. The Morgan fingerprint density at radius 3 is 1.67 bits per heavy atom. The van der Waals surface area contributed by atoms with Crippen LogP contribution in [0.4, 0.5) is 14.4 Å². The van der Waals surface area contributed by atoms with Crippen LogP contribution in [0.15, 0.2) is 0 Å². The second kappa shape index (κ2) is 17.2. The molecular weight excluding hydrogens is 494 g/mol. The van der Waals surface area contributed by atoms with E-state index < -0.39 is 0 Å². The van der Waals surface area contributed by atoms with E-state index in [0.29, 0.717) is 51.6 Å². The largest absolute Gasteiger partial charge is 0.464 e. The number of esters is 1. The first-order valence-corrected chi connectivity index (χ1v) is 12.7. The highest BCUT2D eigenvalue weighted by Crippen LogP contribution is 2.04. The third-order valence-electron chi connectivity index (χ3n) is 4.92. The normalized spacial score (nSPS) is 16.2. The van der Waals surface area contributed by atoms with E-state index >= 15 is 0 Å². The molecule has 0 aliphatic carbocycles.